The van der Waals surface area contributed by atoms with Gasteiger partial charge < -0.3 is 0 Å². The second-order valence-corrected chi connectivity index (χ2v) is 5.48. The minimum atomic E-state index is -1.54. The molecule has 0 amide bonds. The Morgan fingerprint density at radius 2 is 1.83 bits per heavy atom. The molecule has 0 aliphatic rings. The number of halogens is 3. The van der Waals surface area contributed by atoms with Crippen molar-refractivity contribution in [2.24, 2.45) is 0 Å². The van der Waals surface area contributed by atoms with Crippen molar-refractivity contribution in [2.45, 2.75) is 10.6 Å². The normalized spacial score (nSPS) is 12.4. The molecule has 5 heteroatoms. The highest BCUT2D eigenvalue weighted by Gasteiger charge is 2.12. The van der Waals surface area contributed by atoms with Crippen LogP contribution in [-0.4, -0.2) is 4.21 Å². The first-order chi connectivity index (χ1) is 8.58. The lowest BCUT2D eigenvalue weighted by atomic mass is 10.2. The van der Waals surface area contributed by atoms with Crippen LogP contribution in [0, 0.1) is 11.6 Å². The molecule has 94 valence electrons. The molecule has 0 saturated heterocycles. The van der Waals surface area contributed by atoms with Crippen molar-refractivity contribution < 1.29 is 13.0 Å². The Balaban J connectivity index is 2.24. The zero-order valence-corrected chi connectivity index (χ0v) is 10.8. The van der Waals surface area contributed by atoms with E-state index in [0.717, 1.165) is 6.07 Å². The van der Waals surface area contributed by atoms with Gasteiger partial charge >= 0.3 is 0 Å². The molecule has 0 aliphatic heterocycles. The lowest BCUT2D eigenvalue weighted by molar-refractivity contribution is 0.595. The van der Waals surface area contributed by atoms with Gasteiger partial charge in [0.1, 0.15) is 11.6 Å². The molecule has 0 radical (unpaired) electrons. The zero-order chi connectivity index (χ0) is 13.1. The van der Waals surface area contributed by atoms with Crippen LogP contribution >= 0.6 is 11.6 Å². The van der Waals surface area contributed by atoms with E-state index in [9.17, 15) is 13.0 Å². The predicted molar refractivity (Wildman–Crippen MR) is 67.9 cm³/mol. The summed E-state index contributed by atoms with van der Waals surface area (Å²) in [5.41, 5.74) is 0.527. The minimum Gasteiger partial charge on any atom is -0.254 e. The third-order valence-corrected chi connectivity index (χ3v) is 4.13. The summed E-state index contributed by atoms with van der Waals surface area (Å²) in [7, 11) is -1.54. The maximum absolute atomic E-state index is 13.4. The van der Waals surface area contributed by atoms with Gasteiger partial charge in [0.05, 0.1) is 21.4 Å². The van der Waals surface area contributed by atoms with Crippen LogP contribution in [0.15, 0.2) is 47.4 Å². The van der Waals surface area contributed by atoms with Crippen molar-refractivity contribution in [1.82, 2.24) is 0 Å². The maximum Gasteiger partial charge on any atom is 0.139 e. The van der Waals surface area contributed by atoms with Gasteiger partial charge in [0.2, 0.25) is 0 Å². The minimum absolute atomic E-state index is 0.0556. The number of hydrogen-bond acceptors (Lipinski definition) is 1. The SMILES string of the molecule is O=S(Cc1ccc(F)cc1Cl)c1ccccc1F. The van der Waals surface area contributed by atoms with Crippen LogP contribution in [0.3, 0.4) is 0 Å². The number of benzene rings is 2. The molecule has 0 aliphatic carbocycles. The topological polar surface area (TPSA) is 17.1 Å². The molecule has 0 saturated carbocycles. The van der Waals surface area contributed by atoms with Gasteiger partial charge in [-0.15, -0.1) is 0 Å². The molecule has 2 aromatic rings. The van der Waals surface area contributed by atoms with E-state index in [2.05, 4.69) is 0 Å². The Bertz CT molecular complexity index is 601. The summed E-state index contributed by atoms with van der Waals surface area (Å²) in [5.74, 6) is -0.922. The quantitative estimate of drug-likeness (QED) is 0.836. The zero-order valence-electron chi connectivity index (χ0n) is 9.20. The van der Waals surface area contributed by atoms with Gasteiger partial charge in [-0.05, 0) is 29.8 Å². The summed E-state index contributed by atoms with van der Waals surface area (Å²) in [4.78, 5) is 0.123. The van der Waals surface area contributed by atoms with Crippen LogP contribution in [0.5, 0.6) is 0 Å². The fraction of sp³-hybridized carbons (Fsp3) is 0.0769. The molecule has 18 heavy (non-hydrogen) atoms. The Hall–Kier alpha value is -1.26. The van der Waals surface area contributed by atoms with Crippen molar-refractivity contribution in [2.75, 3.05) is 0 Å². The smallest absolute Gasteiger partial charge is 0.139 e. The monoisotopic (exact) mass is 286 g/mol. The second-order valence-electron chi connectivity index (χ2n) is 3.66. The molecule has 0 spiro atoms. The van der Waals surface area contributed by atoms with E-state index in [-0.39, 0.29) is 15.7 Å². The van der Waals surface area contributed by atoms with Crippen molar-refractivity contribution in [3.63, 3.8) is 0 Å². The van der Waals surface area contributed by atoms with E-state index in [1.54, 1.807) is 6.07 Å². The van der Waals surface area contributed by atoms with Gasteiger partial charge in [0, 0.05) is 5.02 Å². The van der Waals surface area contributed by atoms with Gasteiger partial charge in [-0.3, -0.25) is 4.21 Å². The van der Waals surface area contributed by atoms with Crippen LogP contribution in [-0.2, 0) is 16.6 Å². The van der Waals surface area contributed by atoms with Crippen LogP contribution in [0.4, 0.5) is 8.78 Å². The van der Waals surface area contributed by atoms with E-state index in [1.165, 1.54) is 30.3 Å². The van der Waals surface area contributed by atoms with E-state index in [0.29, 0.717) is 5.56 Å². The predicted octanol–water partition coefficient (Wildman–Crippen LogP) is 3.93. The lowest BCUT2D eigenvalue weighted by Crippen LogP contribution is -2.00. The van der Waals surface area contributed by atoms with Crippen LogP contribution in [0.1, 0.15) is 5.56 Å². The molecule has 0 N–H and O–H groups in total. The highest BCUT2D eigenvalue weighted by Crippen LogP contribution is 2.22. The average Bonchev–Trinajstić information content (AvgIpc) is 2.33. The summed E-state index contributed by atoms with van der Waals surface area (Å²) in [6, 6.07) is 9.69. The molecule has 0 aromatic heterocycles. The van der Waals surface area contributed by atoms with Gasteiger partial charge in [0.25, 0.3) is 0 Å². The number of hydrogen-bond donors (Lipinski definition) is 0. The first-order valence-corrected chi connectivity index (χ1v) is 6.84. The third kappa shape index (κ3) is 2.94. The Morgan fingerprint density at radius 1 is 1.11 bits per heavy atom. The molecule has 1 nitrogen and oxygen atoms in total. The highest BCUT2D eigenvalue weighted by atomic mass is 35.5. The third-order valence-electron chi connectivity index (χ3n) is 2.38. The van der Waals surface area contributed by atoms with E-state index in [1.807, 2.05) is 0 Å². The van der Waals surface area contributed by atoms with E-state index < -0.39 is 22.4 Å². The molecule has 0 fully saturated rings. The van der Waals surface area contributed by atoms with Crippen molar-refractivity contribution in [3.8, 4) is 0 Å². The Morgan fingerprint density at radius 3 is 2.50 bits per heavy atom. The maximum atomic E-state index is 13.4. The van der Waals surface area contributed by atoms with Crippen LogP contribution in [0.2, 0.25) is 5.02 Å². The molecule has 2 rings (SSSR count). The molecule has 2 aromatic carbocycles. The summed E-state index contributed by atoms with van der Waals surface area (Å²) in [5, 5.41) is 0.194. The molecule has 0 bridgehead atoms. The second kappa shape index (κ2) is 5.59. The van der Waals surface area contributed by atoms with Gasteiger partial charge in [0.15, 0.2) is 0 Å². The van der Waals surface area contributed by atoms with Gasteiger partial charge in [-0.25, -0.2) is 8.78 Å². The Kier molecular flexibility index (Phi) is 4.09. The molecule has 1 unspecified atom stereocenters. The van der Waals surface area contributed by atoms with Gasteiger partial charge in [-0.2, -0.15) is 0 Å². The average molecular weight is 287 g/mol. The summed E-state index contributed by atoms with van der Waals surface area (Å²) in [6.45, 7) is 0. The van der Waals surface area contributed by atoms with E-state index in [4.69, 9.17) is 11.6 Å². The molecular weight excluding hydrogens is 278 g/mol. The van der Waals surface area contributed by atoms with Gasteiger partial charge in [-0.1, -0.05) is 29.8 Å². The van der Waals surface area contributed by atoms with E-state index >= 15 is 0 Å². The molecule has 1 atom stereocenters. The highest BCUT2D eigenvalue weighted by molar-refractivity contribution is 7.84. The standard InChI is InChI=1S/C13H9ClF2OS/c14-11-7-10(15)6-5-9(11)8-18(17)13-4-2-1-3-12(13)16/h1-7H,8H2. The first kappa shape index (κ1) is 13.2. The number of rotatable bonds is 3. The summed E-state index contributed by atoms with van der Waals surface area (Å²) in [6.07, 6.45) is 0. The largest absolute Gasteiger partial charge is 0.254 e. The molecular formula is C13H9ClF2OS. The van der Waals surface area contributed by atoms with Crippen LogP contribution in [0.25, 0.3) is 0 Å². The molecule has 0 heterocycles. The fourth-order valence-electron chi connectivity index (χ4n) is 1.49. The summed E-state index contributed by atoms with van der Waals surface area (Å²) < 4.78 is 38.3. The summed E-state index contributed by atoms with van der Waals surface area (Å²) >= 11 is 5.83. The fourth-order valence-corrected chi connectivity index (χ4v) is 3.01. The van der Waals surface area contributed by atoms with Crippen LogP contribution < -0.4 is 0 Å². The van der Waals surface area contributed by atoms with Crippen molar-refractivity contribution in [1.29, 1.82) is 0 Å². The Labute approximate surface area is 111 Å². The lowest BCUT2D eigenvalue weighted by Gasteiger charge is -2.05. The van der Waals surface area contributed by atoms with Crippen molar-refractivity contribution >= 4 is 22.4 Å². The van der Waals surface area contributed by atoms with Crippen molar-refractivity contribution in [3.05, 3.63) is 64.7 Å². The first-order valence-electron chi connectivity index (χ1n) is 5.15.